The lowest BCUT2D eigenvalue weighted by Gasteiger charge is -2.03. The Bertz CT molecular complexity index is 407. The van der Waals surface area contributed by atoms with Crippen LogP contribution in [0.1, 0.15) is 0 Å². The fourth-order valence-electron chi connectivity index (χ4n) is 0.731. The molecule has 0 unspecified atom stereocenters. The number of anilines is 1. The molecule has 0 radical (unpaired) electrons. The maximum atomic E-state index is 11.0. The Balaban J connectivity index is 2.48. The van der Waals surface area contributed by atoms with Gasteiger partial charge in [0, 0.05) is 6.07 Å². The van der Waals surface area contributed by atoms with Crippen molar-refractivity contribution in [1.82, 2.24) is 15.5 Å². The minimum Gasteiger partial charge on any atom is -0.480 e. The van der Waals surface area contributed by atoms with Crippen molar-refractivity contribution in [2.24, 2.45) is 0 Å². The van der Waals surface area contributed by atoms with Gasteiger partial charge in [0.25, 0.3) is 5.56 Å². The molecular weight excluding hydrogens is 204 g/mol. The Labute approximate surface area is 83.3 Å². The molecule has 1 aromatic heterocycles. The molecule has 0 saturated carbocycles. The van der Waals surface area contributed by atoms with Gasteiger partial charge in [-0.05, 0) is 6.07 Å². The third-order valence-electron chi connectivity index (χ3n) is 1.32. The highest BCUT2D eigenvalue weighted by Gasteiger charge is 2.04. The van der Waals surface area contributed by atoms with Crippen molar-refractivity contribution >= 4 is 17.8 Å². The zero-order valence-corrected chi connectivity index (χ0v) is 7.48. The fourth-order valence-corrected chi connectivity index (χ4v) is 0.731. The number of hydrogen-bond donors (Lipinski definition) is 4. The molecule has 1 aromatic rings. The van der Waals surface area contributed by atoms with E-state index in [1.165, 1.54) is 12.1 Å². The standard InChI is InChI=1S/C7H8N4O4/c12-5-2-1-4(10-11-5)9-7(15)8-3-6(13)14/h1-2H,3H2,(H,11,12)(H,13,14)(H2,8,9,10,15). The Hall–Kier alpha value is -2.38. The maximum Gasteiger partial charge on any atom is 0.323 e. The smallest absolute Gasteiger partial charge is 0.323 e. The third-order valence-corrected chi connectivity index (χ3v) is 1.32. The first-order chi connectivity index (χ1) is 7.08. The zero-order chi connectivity index (χ0) is 11.3. The van der Waals surface area contributed by atoms with Crippen molar-refractivity contribution in [3.05, 3.63) is 22.5 Å². The Morgan fingerprint density at radius 1 is 1.47 bits per heavy atom. The molecule has 0 aliphatic carbocycles. The Morgan fingerprint density at radius 2 is 2.20 bits per heavy atom. The summed E-state index contributed by atoms with van der Waals surface area (Å²) in [7, 11) is 0. The molecule has 0 atom stereocenters. The number of carboxylic acids is 1. The van der Waals surface area contributed by atoms with Gasteiger partial charge in [-0.2, -0.15) is 5.10 Å². The first-order valence-electron chi connectivity index (χ1n) is 3.90. The van der Waals surface area contributed by atoms with E-state index in [0.29, 0.717) is 0 Å². The normalized spacial score (nSPS) is 9.33. The summed E-state index contributed by atoms with van der Waals surface area (Å²) in [6, 6.07) is 1.76. The lowest BCUT2D eigenvalue weighted by atomic mass is 10.5. The topological polar surface area (TPSA) is 124 Å². The monoisotopic (exact) mass is 212 g/mol. The number of nitrogens with zero attached hydrogens (tertiary/aromatic N) is 1. The zero-order valence-electron chi connectivity index (χ0n) is 7.48. The quantitative estimate of drug-likeness (QED) is 0.510. The number of amides is 2. The second kappa shape index (κ2) is 4.74. The number of carboxylic acid groups (broad SMARTS) is 1. The van der Waals surface area contributed by atoms with Crippen molar-refractivity contribution in [3.8, 4) is 0 Å². The molecule has 8 nitrogen and oxygen atoms in total. The van der Waals surface area contributed by atoms with Crippen LogP contribution in [0.25, 0.3) is 0 Å². The summed E-state index contributed by atoms with van der Waals surface area (Å²) >= 11 is 0. The lowest BCUT2D eigenvalue weighted by molar-refractivity contribution is -0.135. The van der Waals surface area contributed by atoms with Gasteiger partial charge in [0.05, 0.1) is 0 Å². The van der Waals surface area contributed by atoms with E-state index in [9.17, 15) is 14.4 Å². The number of rotatable bonds is 3. The van der Waals surface area contributed by atoms with Gasteiger partial charge in [-0.3, -0.25) is 14.9 Å². The van der Waals surface area contributed by atoms with Crippen LogP contribution in [0.5, 0.6) is 0 Å². The molecule has 0 saturated heterocycles. The van der Waals surface area contributed by atoms with Crippen LogP contribution in [0.4, 0.5) is 10.6 Å². The summed E-state index contributed by atoms with van der Waals surface area (Å²) in [4.78, 5) is 31.7. The minimum atomic E-state index is -1.15. The molecule has 0 aliphatic heterocycles. The van der Waals surface area contributed by atoms with Crippen LogP contribution in [0.15, 0.2) is 16.9 Å². The number of aromatic nitrogens is 2. The van der Waals surface area contributed by atoms with Crippen LogP contribution in [-0.2, 0) is 4.79 Å². The van der Waals surface area contributed by atoms with Gasteiger partial charge >= 0.3 is 12.0 Å². The van der Waals surface area contributed by atoms with Gasteiger partial charge in [0.15, 0.2) is 5.82 Å². The van der Waals surface area contributed by atoms with Crippen LogP contribution in [0.2, 0.25) is 0 Å². The first-order valence-corrected chi connectivity index (χ1v) is 3.90. The van der Waals surface area contributed by atoms with Crippen LogP contribution in [0, 0.1) is 0 Å². The summed E-state index contributed by atoms with van der Waals surface area (Å²) < 4.78 is 0. The number of H-pyrrole nitrogens is 1. The van der Waals surface area contributed by atoms with Crippen LogP contribution >= 0.6 is 0 Å². The molecule has 8 heteroatoms. The summed E-state index contributed by atoms with van der Waals surface area (Å²) in [5.41, 5.74) is -0.397. The summed E-state index contributed by atoms with van der Waals surface area (Å²) in [5.74, 6) is -1.03. The second-order valence-electron chi connectivity index (χ2n) is 2.51. The maximum absolute atomic E-state index is 11.0. The molecule has 2 amide bonds. The van der Waals surface area contributed by atoms with Gasteiger partial charge in [0.1, 0.15) is 6.54 Å². The number of aliphatic carboxylic acids is 1. The van der Waals surface area contributed by atoms with Gasteiger partial charge in [-0.25, -0.2) is 9.89 Å². The predicted molar refractivity (Wildman–Crippen MR) is 49.5 cm³/mol. The summed E-state index contributed by atoms with van der Waals surface area (Å²) in [6.07, 6.45) is 0. The van der Waals surface area contributed by atoms with E-state index in [1.807, 2.05) is 0 Å². The van der Waals surface area contributed by atoms with Crippen LogP contribution in [-0.4, -0.2) is 33.8 Å². The number of aromatic amines is 1. The lowest BCUT2D eigenvalue weighted by Crippen LogP contribution is -2.33. The molecule has 0 spiro atoms. The largest absolute Gasteiger partial charge is 0.480 e. The number of hydrogen-bond acceptors (Lipinski definition) is 4. The van der Waals surface area contributed by atoms with E-state index in [4.69, 9.17) is 5.11 Å². The molecule has 1 rings (SSSR count). The van der Waals surface area contributed by atoms with Gasteiger partial charge < -0.3 is 10.4 Å². The van der Waals surface area contributed by atoms with E-state index in [2.05, 4.69) is 20.8 Å². The van der Waals surface area contributed by atoms with E-state index >= 15 is 0 Å². The highest BCUT2D eigenvalue weighted by Crippen LogP contribution is 1.94. The van der Waals surface area contributed by atoms with Crippen LogP contribution < -0.4 is 16.2 Å². The Kier molecular flexibility index (Phi) is 3.38. The molecule has 1 heterocycles. The number of urea groups is 1. The molecule has 0 aliphatic rings. The van der Waals surface area contributed by atoms with Crippen molar-refractivity contribution in [2.45, 2.75) is 0 Å². The third kappa shape index (κ3) is 3.89. The van der Waals surface area contributed by atoms with Crippen LogP contribution in [0.3, 0.4) is 0 Å². The summed E-state index contributed by atoms with van der Waals surface area (Å²) in [5, 5.41) is 18.1. The van der Waals surface area contributed by atoms with E-state index in [0.717, 1.165) is 0 Å². The number of nitrogens with one attached hydrogen (secondary N) is 3. The summed E-state index contributed by atoms with van der Waals surface area (Å²) in [6.45, 7) is -0.491. The van der Waals surface area contributed by atoms with E-state index in [1.54, 1.807) is 0 Å². The predicted octanol–water partition coefficient (Wildman–Crippen LogP) is -1.02. The average Bonchev–Trinajstić information content (AvgIpc) is 2.19. The molecule has 80 valence electrons. The number of carbonyl (C=O) groups excluding carboxylic acids is 1. The van der Waals surface area contributed by atoms with Crippen molar-refractivity contribution in [1.29, 1.82) is 0 Å². The highest BCUT2D eigenvalue weighted by molar-refractivity contribution is 5.90. The van der Waals surface area contributed by atoms with Crippen molar-refractivity contribution < 1.29 is 14.7 Å². The van der Waals surface area contributed by atoms with Gasteiger partial charge in [0.2, 0.25) is 0 Å². The van der Waals surface area contributed by atoms with Crippen molar-refractivity contribution in [3.63, 3.8) is 0 Å². The first kappa shape index (κ1) is 10.7. The average molecular weight is 212 g/mol. The molecule has 0 fully saturated rings. The Morgan fingerprint density at radius 3 is 2.73 bits per heavy atom. The van der Waals surface area contributed by atoms with Gasteiger partial charge in [-0.15, -0.1) is 0 Å². The molecule has 0 aromatic carbocycles. The molecule has 4 N–H and O–H groups in total. The minimum absolute atomic E-state index is 0.123. The van der Waals surface area contributed by atoms with Gasteiger partial charge in [-0.1, -0.05) is 0 Å². The number of carbonyl (C=O) groups is 2. The SMILES string of the molecule is O=C(O)CNC(=O)Nc1ccc(=O)[nH]n1. The molecular formula is C7H8N4O4. The molecule has 0 bridgehead atoms. The van der Waals surface area contributed by atoms with Crippen molar-refractivity contribution in [2.75, 3.05) is 11.9 Å². The molecule has 15 heavy (non-hydrogen) atoms. The van der Waals surface area contributed by atoms with E-state index in [-0.39, 0.29) is 5.82 Å². The highest BCUT2D eigenvalue weighted by atomic mass is 16.4. The van der Waals surface area contributed by atoms with E-state index < -0.39 is 24.1 Å². The fraction of sp³-hybridized carbons (Fsp3) is 0.143. The second-order valence-corrected chi connectivity index (χ2v) is 2.51.